The predicted octanol–water partition coefficient (Wildman–Crippen LogP) is 2.47. The Morgan fingerprint density at radius 1 is 1.67 bits per heavy atom. The summed E-state index contributed by atoms with van der Waals surface area (Å²) in [6, 6.07) is 0. The highest BCUT2D eigenvalue weighted by atomic mass is 79.9. The van der Waals surface area contributed by atoms with Crippen molar-refractivity contribution in [1.82, 2.24) is 0 Å². The Kier molecular flexibility index (Phi) is 3.12. The van der Waals surface area contributed by atoms with Gasteiger partial charge in [-0.3, -0.25) is 0 Å². The fourth-order valence-corrected chi connectivity index (χ4v) is 1.43. The summed E-state index contributed by atoms with van der Waals surface area (Å²) >= 11 is 3.39. The molecule has 52 valence electrons. The van der Waals surface area contributed by atoms with Crippen LogP contribution in [0.15, 0.2) is 11.8 Å². The van der Waals surface area contributed by atoms with Gasteiger partial charge in [0, 0.05) is 5.33 Å². The maximum absolute atomic E-state index is 5.15. The average molecular weight is 191 g/mol. The van der Waals surface area contributed by atoms with Crippen LogP contribution in [0.25, 0.3) is 0 Å². The number of allylic oxidation sites excluding steroid dienone is 1. The summed E-state index contributed by atoms with van der Waals surface area (Å²) in [6.45, 7) is 0.909. The minimum Gasteiger partial charge on any atom is -0.501 e. The second kappa shape index (κ2) is 3.94. The molecule has 1 nitrogen and oxygen atoms in total. The molecule has 2 heteroatoms. The number of ether oxygens (including phenoxy) is 1. The van der Waals surface area contributed by atoms with Gasteiger partial charge in [-0.25, -0.2) is 0 Å². The lowest BCUT2D eigenvalue weighted by Gasteiger charge is -2.11. The van der Waals surface area contributed by atoms with Crippen molar-refractivity contribution in [3.05, 3.63) is 11.8 Å². The van der Waals surface area contributed by atoms with Crippen LogP contribution in [0.3, 0.4) is 0 Å². The molecule has 0 aromatic rings. The fraction of sp³-hybridized carbons (Fsp3) is 0.714. The van der Waals surface area contributed by atoms with Gasteiger partial charge in [-0.1, -0.05) is 15.9 Å². The summed E-state index contributed by atoms with van der Waals surface area (Å²) in [7, 11) is 0. The highest BCUT2D eigenvalue weighted by molar-refractivity contribution is 9.09. The van der Waals surface area contributed by atoms with Crippen molar-refractivity contribution in [1.29, 1.82) is 0 Å². The summed E-state index contributed by atoms with van der Waals surface area (Å²) in [5.74, 6) is 0. The third kappa shape index (κ3) is 2.39. The molecule has 0 saturated heterocycles. The van der Waals surface area contributed by atoms with Crippen LogP contribution >= 0.6 is 15.9 Å². The molecule has 0 unspecified atom stereocenters. The molecule has 0 aromatic carbocycles. The van der Waals surface area contributed by atoms with Crippen molar-refractivity contribution in [2.75, 3.05) is 11.9 Å². The molecule has 0 radical (unpaired) electrons. The normalized spacial score (nSPS) is 18.6. The van der Waals surface area contributed by atoms with Crippen LogP contribution in [-0.4, -0.2) is 11.9 Å². The Labute approximate surface area is 64.2 Å². The van der Waals surface area contributed by atoms with Crippen molar-refractivity contribution in [2.45, 2.75) is 19.3 Å². The zero-order valence-electron chi connectivity index (χ0n) is 5.40. The molecule has 0 N–H and O–H groups in total. The molecule has 1 heterocycles. The van der Waals surface area contributed by atoms with E-state index in [0.29, 0.717) is 0 Å². The molecule has 0 atom stereocenters. The lowest BCUT2D eigenvalue weighted by molar-refractivity contribution is 0.223. The quantitative estimate of drug-likeness (QED) is 0.609. The molecule has 0 aliphatic carbocycles. The van der Waals surface area contributed by atoms with E-state index in [-0.39, 0.29) is 0 Å². The molecular weight excluding hydrogens is 180 g/mol. The van der Waals surface area contributed by atoms with Gasteiger partial charge in [0.05, 0.1) is 12.9 Å². The van der Waals surface area contributed by atoms with Gasteiger partial charge >= 0.3 is 0 Å². The standard InChI is InChI=1S/C7H11BrO/c8-4-3-7-2-1-5-9-6-7/h6H,1-5H2. The van der Waals surface area contributed by atoms with Crippen LogP contribution in [0.1, 0.15) is 19.3 Å². The van der Waals surface area contributed by atoms with E-state index in [9.17, 15) is 0 Å². The lowest BCUT2D eigenvalue weighted by atomic mass is 10.1. The maximum atomic E-state index is 5.15. The van der Waals surface area contributed by atoms with Crippen molar-refractivity contribution >= 4 is 15.9 Å². The number of hydrogen-bond donors (Lipinski definition) is 0. The average Bonchev–Trinajstić information content (AvgIpc) is 1.91. The van der Waals surface area contributed by atoms with Crippen molar-refractivity contribution in [3.63, 3.8) is 0 Å². The highest BCUT2D eigenvalue weighted by Crippen LogP contribution is 2.15. The van der Waals surface area contributed by atoms with E-state index in [4.69, 9.17) is 4.74 Å². The Morgan fingerprint density at radius 3 is 3.11 bits per heavy atom. The topological polar surface area (TPSA) is 9.23 Å². The second-order valence-corrected chi connectivity index (χ2v) is 2.98. The van der Waals surface area contributed by atoms with Crippen molar-refractivity contribution < 1.29 is 4.74 Å². The summed E-state index contributed by atoms with van der Waals surface area (Å²) < 4.78 is 5.15. The Balaban J connectivity index is 2.28. The lowest BCUT2D eigenvalue weighted by Crippen LogP contribution is -1.98. The van der Waals surface area contributed by atoms with Gasteiger partial charge in [0.2, 0.25) is 0 Å². The van der Waals surface area contributed by atoms with Gasteiger partial charge in [0.25, 0.3) is 0 Å². The van der Waals surface area contributed by atoms with Crippen LogP contribution < -0.4 is 0 Å². The molecule has 0 amide bonds. The van der Waals surface area contributed by atoms with E-state index in [0.717, 1.165) is 18.4 Å². The molecule has 0 fully saturated rings. The zero-order valence-corrected chi connectivity index (χ0v) is 6.99. The minimum absolute atomic E-state index is 0.909. The van der Waals surface area contributed by atoms with Gasteiger partial charge in [-0.2, -0.15) is 0 Å². The van der Waals surface area contributed by atoms with Gasteiger partial charge < -0.3 is 4.74 Å². The Hall–Kier alpha value is 0.0200. The first-order valence-electron chi connectivity index (χ1n) is 3.29. The molecule has 0 aromatic heterocycles. The summed E-state index contributed by atoms with van der Waals surface area (Å²) in [5, 5.41) is 1.06. The van der Waals surface area contributed by atoms with Crippen molar-refractivity contribution in [2.24, 2.45) is 0 Å². The third-order valence-corrected chi connectivity index (χ3v) is 1.82. The summed E-state index contributed by atoms with van der Waals surface area (Å²) in [5.41, 5.74) is 1.44. The number of alkyl halides is 1. The minimum atomic E-state index is 0.909. The van der Waals surface area contributed by atoms with Gasteiger partial charge in [0.1, 0.15) is 0 Å². The first-order chi connectivity index (χ1) is 4.43. The Morgan fingerprint density at radius 2 is 2.56 bits per heavy atom. The molecule has 9 heavy (non-hydrogen) atoms. The zero-order chi connectivity index (χ0) is 6.53. The summed E-state index contributed by atoms with van der Waals surface area (Å²) in [6.07, 6.45) is 5.47. The van der Waals surface area contributed by atoms with E-state index >= 15 is 0 Å². The van der Waals surface area contributed by atoms with Crippen molar-refractivity contribution in [3.8, 4) is 0 Å². The molecular formula is C7H11BrO. The molecule has 0 bridgehead atoms. The monoisotopic (exact) mass is 190 g/mol. The largest absolute Gasteiger partial charge is 0.501 e. The van der Waals surface area contributed by atoms with Crippen LogP contribution in [0, 0.1) is 0 Å². The van der Waals surface area contributed by atoms with Crippen LogP contribution in [-0.2, 0) is 4.74 Å². The van der Waals surface area contributed by atoms with E-state index in [1.54, 1.807) is 0 Å². The van der Waals surface area contributed by atoms with E-state index < -0.39 is 0 Å². The SMILES string of the molecule is BrCCC1=COCCC1. The van der Waals surface area contributed by atoms with E-state index in [1.807, 2.05) is 6.26 Å². The number of rotatable bonds is 2. The van der Waals surface area contributed by atoms with Gasteiger partial charge in [0.15, 0.2) is 0 Å². The first-order valence-corrected chi connectivity index (χ1v) is 4.41. The van der Waals surface area contributed by atoms with E-state index in [2.05, 4.69) is 15.9 Å². The first kappa shape index (κ1) is 7.13. The maximum Gasteiger partial charge on any atom is 0.0876 e. The van der Waals surface area contributed by atoms with Crippen LogP contribution in [0.2, 0.25) is 0 Å². The predicted molar refractivity (Wildman–Crippen MR) is 41.7 cm³/mol. The van der Waals surface area contributed by atoms with Crippen LogP contribution in [0.5, 0.6) is 0 Å². The Bertz CT molecular complexity index is 109. The second-order valence-electron chi connectivity index (χ2n) is 2.19. The smallest absolute Gasteiger partial charge is 0.0876 e. The molecule has 0 spiro atoms. The summed E-state index contributed by atoms with van der Waals surface area (Å²) in [4.78, 5) is 0. The van der Waals surface area contributed by atoms with E-state index in [1.165, 1.54) is 18.4 Å². The fourth-order valence-electron chi connectivity index (χ4n) is 0.924. The van der Waals surface area contributed by atoms with Crippen LogP contribution in [0.4, 0.5) is 0 Å². The molecule has 1 aliphatic rings. The number of hydrogen-bond acceptors (Lipinski definition) is 1. The third-order valence-electron chi connectivity index (χ3n) is 1.43. The van der Waals surface area contributed by atoms with Gasteiger partial charge in [-0.15, -0.1) is 0 Å². The van der Waals surface area contributed by atoms with Gasteiger partial charge in [-0.05, 0) is 24.8 Å². The molecule has 1 rings (SSSR count). The molecule has 0 saturated carbocycles. The number of halogens is 1. The highest BCUT2D eigenvalue weighted by Gasteiger charge is 2.01. The molecule has 1 aliphatic heterocycles.